The number of anilines is 1. The summed E-state index contributed by atoms with van der Waals surface area (Å²) in [6.07, 6.45) is 11.7. The van der Waals surface area contributed by atoms with E-state index < -0.39 is 11.6 Å². The molecule has 8 rings (SSSR count). The van der Waals surface area contributed by atoms with E-state index in [9.17, 15) is 4.39 Å². The first-order valence-corrected chi connectivity index (χ1v) is 16.0. The van der Waals surface area contributed by atoms with Crippen molar-refractivity contribution in [2.75, 3.05) is 44.2 Å². The van der Waals surface area contributed by atoms with Crippen LogP contribution >= 0.6 is 0 Å². The molecule has 6 heterocycles. The van der Waals surface area contributed by atoms with Gasteiger partial charge < -0.3 is 15.0 Å². The van der Waals surface area contributed by atoms with Crippen LogP contribution < -0.4 is 15.0 Å². The maximum absolute atomic E-state index is 16.8. The molecule has 4 aliphatic heterocycles. The number of hydrogen-bond acceptors (Lipinski definition) is 7. The van der Waals surface area contributed by atoms with Crippen LogP contribution in [0.15, 0.2) is 30.3 Å². The van der Waals surface area contributed by atoms with E-state index in [0.717, 1.165) is 75.9 Å². The molecule has 0 aliphatic carbocycles. The Balaban J connectivity index is 0.00000153. The van der Waals surface area contributed by atoms with Gasteiger partial charge in [-0.3, -0.25) is 4.90 Å². The lowest BCUT2D eigenvalue weighted by atomic mass is 9.95. The van der Waals surface area contributed by atoms with Crippen LogP contribution in [0.3, 0.4) is 0 Å². The summed E-state index contributed by atoms with van der Waals surface area (Å²) in [6.45, 7) is 9.06. The number of aromatic nitrogens is 3. The number of terminal acetylenes is 1. The second-order valence-corrected chi connectivity index (χ2v) is 12.0. The summed E-state index contributed by atoms with van der Waals surface area (Å²) in [4.78, 5) is 19.4. The van der Waals surface area contributed by atoms with Crippen LogP contribution in [0.5, 0.6) is 6.01 Å². The van der Waals surface area contributed by atoms with Crippen LogP contribution in [0.1, 0.15) is 57.2 Å². The maximum Gasteiger partial charge on any atom is 0.319 e. The van der Waals surface area contributed by atoms with Gasteiger partial charge in [-0.25, -0.2) is 13.8 Å². The summed E-state index contributed by atoms with van der Waals surface area (Å²) in [5.41, 5.74) is 1.61. The molecular formula is C35H38F2N6O. The van der Waals surface area contributed by atoms with E-state index in [2.05, 4.69) is 21.0 Å². The number of nitrogens with zero attached hydrogens (tertiary/aromatic N) is 5. The second-order valence-electron chi connectivity index (χ2n) is 12.0. The molecule has 0 radical (unpaired) electrons. The third-order valence-corrected chi connectivity index (χ3v) is 9.83. The smallest absolute Gasteiger partial charge is 0.319 e. The largest absolute Gasteiger partial charge is 0.461 e. The van der Waals surface area contributed by atoms with Crippen LogP contribution in [-0.4, -0.2) is 70.8 Å². The molecule has 4 aromatic rings. The Bertz CT molecular complexity index is 1780. The molecule has 3 saturated heterocycles. The van der Waals surface area contributed by atoms with Gasteiger partial charge in [0.15, 0.2) is 5.82 Å². The Hall–Kier alpha value is -3.87. The van der Waals surface area contributed by atoms with E-state index in [4.69, 9.17) is 26.1 Å². The maximum atomic E-state index is 16.8. The van der Waals surface area contributed by atoms with Crippen molar-refractivity contribution in [1.82, 2.24) is 25.2 Å². The zero-order valence-corrected chi connectivity index (χ0v) is 25.4. The molecule has 44 heavy (non-hydrogen) atoms. The quantitative estimate of drug-likeness (QED) is 0.296. The van der Waals surface area contributed by atoms with Crippen LogP contribution in [0.25, 0.3) is 32.9 Å². The van der Waals surface area contributed by atoms with Crippen molar-refractivity contribution in [3.63, 3.8) is 0 Å². The van der Waals surface area contributed by atoms with E-state index in [0.29, 0.717) is 35.2 Å². The molecule has 7 nitrogen and oxygen atoms in total. The van der Waals surface area contributed by atoms with Crippen molar-refractivity contribution in [2.24, 2.45) is 0 Å². The van der Waals surface area contributed by atoms with Gasteiger partial charge in [-0.05, 0) is 63.1 Å². The van der Waals surface area contributed by atoms with Crippen LogP contribution in [0.4, 0.5) is 14.6 Å². The highest BCUT2D eigenvalue weighted by molar-refractivity contribution is 6.02. The van der Waals surface area contributed by atoms with Gasteiger partial charge in [0.05, 0.1) is 22.2 Å². The molecule has 228 valence electrons. The Labute approximate surface area is 257 Å². The van der Waals surface area contributed by atoms with Crippen LogP contribution in [0.2, 0.25) is 0 Å². The topological polar surface area (TPSA) is 66.4 Å². The average molecular weight is 597 g/mol. The number of benzene rings is 2. The molecule has 2 aromatic carbocycles. The van der Waals surface area contributed by atoms with Gasteiger partial charge in [-0.2, -0.15) is 9.97 Å². The lowest BCUT2D eigenvalue weighted by molar-refractivity contribution is 0.108. The standard InChI is InChI=1S/C33H32F2N6O.C2H6/c1-2-22-24(34)10-8-20-6-3-7-23(26(20)22)29-28(35)30-27-25(37-29)11-9-21-18-36-14-17-41(21)31(27)39-32(38-30)42-19-33-12-4-15-40(33)16-5-13-33;1-2/h1,3,6-8,10,21,36H,4-5,9,11-19H2;1-2H3/t21-;/m1./s1. The fraction of sp³-hybridized carbons (Fsp3) is 0.457. The predicted octanol–water partition coefficient (Wildman–Crippen LogP) is 5.86. The number of rotatable bonds is 4. The molecule has 1 atom stereocenters. The number of fused-ring (bicyclic) bond motifs is 4. The lowest BCUT2D eigenvalue weighted by Gasteiger charge is -2.36. The lowest BCUT2D eigenvalue weighted by Crippen LogP contribution is -2.51. The van der Waals surface area contributed by atoms with E-state index >= 15 is 4.39 Å². The van der Waals surface area contributed by atoms with Crippen molar-refractivity contribution in [3.05, 3.63) is 53.2 Å². The minimum atomic E-state index is -0.572. The van der Waals surface area contributed by atoms with Gasteiger partial charge in [0.2, 0.25) is 0 Å². The van der Waals surface area contributed by atoms with Gasteiger partial charge in [-0.15, -0.1) is 6.42 Å². The summed E-state index contributed by atoms with van der Waals surface area (Å²) in [5, 5.41) is 5.32. The van der Waals surface area contributed by atoms with Crippen molar-refractivity contribution in [3.8, 4) is 29.6 Å². The SMILES string of the molecule is C#Cc1c(F)ccc2cccc(-c3nc4c5c(nc(OCC67CCCN6CCC7)nc5c3F)N3CCNC[C@H]3CC4)c12.CC. The van der Waals surface area contributed by atoms with E-state index in [1.54, 1.807) is 12.1 Å². The van der Waals surface area contributed by atoms with Gasteiger partial charge in [-0.1, -0.05) is 44.0 Å². The normalized spacial score (nSPS) is 20.4. The third-order valence-electron chi connectivity index (χ3n) is 9.83. The summed E-state index contributed by atoms with van der Waals surface area (Å²) >= 11 is 0. The monoisotopic (exact) mass is 596 g/mol. The molecule has 4 aliphatic rings. The first-order chi connectivity index (χ1) is 21.6. The van der Waals surface area contributed by atoms with E-state index in [1.807, 2.05) is 26.0 Å². The zero-order chi connectivity index (χ0) is 30.4. The van der Waals surface area contributed by atoms with Gasteiger partial charge in [0.25, 0.3) is 0 Å². The molecule has 0 amide bonds. The highest BCUT2D eigenvalue weighted by atomic mass is 19.1. The molecule has 0 saturated carbocycles. The Kier molecular flexibility index (Phi) is 7.59. The summed E-state index contributed by atoms with van der Waals surface area (Å²) in [5.74, 6) is 2.08. The number of aryl methyl sites for hydroxylation is 1. The molecule has 0 spiro atoms. The van der Waals surface area contributed by atoms with Gasteiger partial charge in [0.1, 0.15) is 29.5 Å². The number of hydrogen-bond donors (Lipinski definition) is 1. The minimum absolute atomic E-state index is 0.00970. The molecule has 3 fully saturated rings. The molecule has 0 bridgehead atoms. The number of ether oxygens (including phenoxy) is 1. The fourth-order valence-electron chi connectivity index (χ4n) is 7.79. The molecule has 0 unspecified atom stereocenters. The number of nitrogens with one attached hydrogen (secondary N) is 1. The van der Waals surface area contributed by atoms with Crippen LogP contribution in [-0.2, 0) is 6.42 Å². The van der Waals surface area contributed by atoms with Crippen molar-refractivity contribution >= 4 is 27.5 Å². The zero-order valence-electron chi connectivity index (χ0n) is 25.4. The second kappa shape index (κ2) is 11.6. The Morgan fingerprint density at radius 3 is 2.66 bits per heavy atom. The number of halogens is 2. The molecule has 1 N–H and O–H groups in total. The number of piperazine rings is 1. The Morgan fingerprint density at radius 1 is 1.05 bits per heavy atom. The fourth-order valence-corrected chi connectivity index (χ4v) is 7.79. The van der Waals surface area contributed by atoms with E-state index in [1.165, 1.54) is 6.07 Å². The summed E-state index contributed by atoms with van der Waals surface area (Å²) in [7, 11) is 0. The van der Waals surface area contributed by atoms with Crippen molar-refractivity contribution < 1.29 is 13.5 Å². The first kappa shape index (κ1) is 28.9. The highest BCUT2D eigenvalue weighted by Gasteiger charge is 2.45. The van der Waals surface area contributed by atoms with Gasteiger partial charge in [0, 0.05) is 36.6 Å². The highest BCUT2D eigenvalue weighted by Crippen LogP contribution is 2.42. The Morgan fingerprint density at radius 2 is 1.86 bits per heavy atom. The molecular weight excluding hydrogens is 558 g/mol. The van der Waals surface area contributed by atoms with Crippen molar-refractivity contribution in [2.45, 2.75) is 64.0 Å². The number of pyridine rings is 1. The predicted molar refractivity (Wildman–Crippen MR) is 170 cm³/mol. The van der Waals surface area contributed by atoms with Gasteiger partial charge >= 0.3 is 6.01 Å². The van der Waals surface area contributed by atoms with Crippen molar-refractivity contribution in [1.29, 1.82) is 0 Å². The summed E-state index contributed by atoms with van der Waals surface area (Å²) in [6, 6.07) is 8.82. The molecule has 2 aromatic heterocycles. The van der Waals surface area contributed by atoms with Crippen LogP contribution in [0, 0.1) is 24.0 Å². The summed E-state index contributed by atoms with van der Waals surface area (Å²) < 4.78 is 38.1. The minimum Gasteiger partial charge on any atom is -0.461 e. The van der Waals surface area contributed by atoms with E-state index in [-0.39, 0.29) is 34.4 Å². The third kappa shape index (κ3) is 4.58. The molecule has 9 heteroatoms. The first-order valence-electron chi connectivity index (χ1n) is 16.0. The average Bonchev–Trinajstić information content (AvgIpc) is 3.60.